The van der Waals surface area contributed by atoms with E-state index in [1.807, 2.05) is 24.3 Å². The van der Waals surface area contributed by atoms with Gasteiger partial charge < -0.3 is 10.0 Å². The van der Waals surface area contributed by atoms with E-state index in [1.54, 1.807) is 11.8 Å². The van der Waals surface area contributed by atoms with Gasteiger partial charge in [0, 0.05) is 12.2 Å². The molecule has 0 heterocycles. The van der Waals surface area contributed by atoms with Crippen LogP contribution in [0.2, 0.25) is 0 Å². The highest BCUT2D eigenvalue weighted by molar-refractivity contribution is 5.70. The Morgan fingerprint density at radius 2 is 1.90 bits per heavy atom. The summed E-state index contributed by atoms with van der Waals surface area (Å²) in [6.45, 7) is 8.59. The van der Waals surface area contributed by atoms with Crippen LogP contribution < -0.4 is 4.90 Å². The lowest BCUT2D eigenvalue weighted by atomic mass is 9.87. The molecule has 4 nitrogen and oxygen atoms in total. The van der Waals surface area contributed by atoms with Gasteiger partial charge >= 0.3 is 5.97 Å². The van der Waals surface area contributed by atoms with Gasteiger partial charge in [0.15, 0.2) is 0 Å². The van der Waals surface area contributed by atoms with E-state index < -0.39 is 11.9 Å². The molecule has 0 saturated carbocycles. The van der Waals surface area contributed by atoms with E-state index in [-0.39, 0.29) is 12.0 Å². The Morgan fingerprint density at radius 1 is 1.35 bits per heavy atom. The minimum Gasteiger partial charge on any atom is -0.481 e. The first-order valence-corrected chi connectivity index (χ1v) is 6.71. The van der Waals surface area contributed by atoms with E-state index >= 15 is 0 Å². The quantitative estimate of drug-likeness (QED) is 0.838. The number of carbonyl (C=O) groups is 1. The minimum absolute atomic E-state index is 0.0763. The largest absolute Gasteiger partial charge is 0.481 e. The first-order chi connectivity index (χ1) is 9.25. The van der Waals surface area contributed by atoms with Crippen LogP contribution in [-0.2, 0) is 10.2 Å². The minimum atomic E-state index is -0.848. The van der Waals surface area contributed by atoms with E-state index in [2.05, 4.69) is 26.8 Å². The lowest BCUT2D eigenvalue weighted by molar-refractivity contribution is -0.140. The first kappa shape index (κ1) is 16.0. The first-order valence-electron chi connectivity index (χ1n) is 6.71. The number of carboxylic acids is 1. The summed E-state index contributed by atoms with van der Waals surface area (Å²) in [7, 11) is 0. The molecule has 1 unspecified atom stereocenters. The van der Waals surface area contributed by atoms with Crippen LogP contribution in [0.4, 0.5) is 5.69 Å². The van der Waals surface area contributed by atoms with Crippen molar-refractivity contribution < 1.29 is 9.90 Å². The lowest BCUT2D eigenvalue weighted by Gasteiger charge is -2.25. The molecule has 20 heavy (non-hydrogen) atoms. The maximum Gasteiger partial charge on any atom is 0.308 e. The summed E-state index contributed by atoms with van der Waals surface area (Å²) < 4.78 is 0. The number of nitrogens with zero attached hydrogens (tertiary/aromatic N) is 2. The third kappa shape index (κ3) is 4.27. The number of benzene rings is 1. The van der Waals surface area contributed by atoms with Crippen LogP contribution in [-0.4, -0.2) is 24.2 Å². The number of rotatable bonds is 5. The Morgan fingerprint density at radius 3 is 2.30 bits per heavy atom. The van der Waals surface area contributed by atoms with Crippen LogP contribution in [0.1, 0.15) is 33.3 Å². The molecule has 0 spiro atoms. The van der Waals surface area contributed by atoms with Crippen LogP contribution in [0.25, 0.3) is 0 Å². The van der Waals surface area contributed by atoms with Crippen LogP contribution in [0.3, 0.4) is 0 Å². The predicted octanol–water partition coefficient (Wildman–Crippen LogP) is 3.03. The predicted molar refractivity (Wildman–Crippen MR) is 79.8 cm³/mol. The van der Waals surface area contributed by atoms with Crippen molar-refractivity contribution in [3.63, 3.8) is 0 Å². The third-order valence-corrected chi connectivity index (χ3v) is 3.28. The molecule has 4 heteroatoms. The van der Waals surface area contributed by atoms with Crippen molar-refractivity contribution >= 4 is 11.7 Å². The Labute approximate surface area is 120 Å². The topological polar surface area (TPSA) is 64.3 Å². The third-order valence-electron chi connectivity index (χ3n) is 3.28. The molecule has 1 N–H and O–H groups in total. The number of carboxylic acid groups (broad SMARTS) is 1. The Kier molecular flexibility index (Phi) is 5.15. The van der Waals surface area contributed by atoms with E-state index in [0.29, 0.717) is 6.54 Å². The second kappa shape index (κ2) is 6.42. The average molecular weight is 274 g/mol. The Bertz CT molecular complexity index is 495. The lowest BCUT2D eigenvalue weighted by Crippen LogP contribution is -2.32. The van der Waals surface area contributed by atoms with Crippen molar-refractivity contribution in [2.45, 2.75) is 33.1 Å². The molecule has 0 aliphatic heterocycles. The molecule has 0 radical (unpaired) electrons. The number of hydrogen-bond donors (Lipinski definition) is 1. The van der Waals surface area contributed by atoms with Gasteiger partial charge in [0.1, 0.15) is 6.54 Å². The molecule has 0 fully saturated rings. The van der Waals surface area contributed by atoms with Crippen LogP contribution in [0.15, 0.2) is 24.3 Å². The molecule has 108 valence electrons. The van der Waals surface area contributed by atoms with Gasteiger partial charge in [0.25, 0.3) is 0 Å². The molecule has 0 saturated heterocycles. The van der Waals surface area contributed by atoms with Gasteiger partial charge in [-0.05, 0) is 23.1 Å². The van der Waals surface area contributed by atoms with E-state index in [4.69, 9.17) is 10.4 Å². The van der Waals surface area contributed by atoms with Crippen molar-refractivity contribution in [1.29, 1.82) is 5.26 Å². The van der Waals surface area contributed by atoms with Crippen molar-refractivity contribution in [3.05, 3.63) is 29.8 Å². The molecular weight excluding hydrogens is 252 g/mol. The normalized spacial score (nSPS) is 12.6. The monoisotopic (exact) mass is 274 g/mol. The van der Waals surface area contributed by atoms with Gasteiger partial charge in [-0.3, -0.25) is 4.79 Å². The fourth-order valence-electron chi connectivity index (χ4n) is 1.93. The summed E-state index contributed by atoms with van der Waals surface area (Å²) in [5.41, 5.74) is 2.17. The summed E-state index contributed by atoms with van der Waals surface area (Å²) in [5.74, 6) is -1.36. The zero-order valence-corrected chi connectivity index (χ0v) is 12.6. The fraction of sp³-hybridized carbons (Fsp3) is 0.500. The SMILES string of the molecule is CC(CN(CC#N)c1ccc(C(C)(C)C)cc1)C(=O)O. The molecule has 0 aromatic heterocycles. The molecule has 1 atom stereocenters. The summed E-state index contributed by atoms with van der Waals surface area (Å²) >= 11 is 0. The summed E-state index contributed by atoms with van der Waals surface area (Å²) in [4.78, 5) is 12.7. The van der Waals surface area contributed by atoms with Gasteiger partial charge in [-0.2, -0.15) is 5.26 Å². The Balaban J connectivity index is 2.93. The second-order valence-corrected chi connectivity index (χ2v) is 6.07. The molecule has 0 amide bonds. The van der Waals surface area contributed by atoms with Gasteiger partial charge in [-0.1, -0.05) is 39.8 Å². The van der Waals surface area contributed by atoms with E-state index in [1.165, 1.54) is 5.56 Å². The number of anilines is 1. The molecule has 0 aliphatic rings. The summed E-state index contributed by atoms with van der Waals surface area (Å²) in [6.07, 6.45) is 0. The molecule has 1 aromatic rings. The van der Waals surface area contributed by atoms with E-state index in [0.717, 1.165) is 5.69 Å². The van der Waals surface area contributed by atoms with Crippen molar-refractivity contribution in [2.24, 2.45) is 5.92 Å². The molecule has 0 bridgehead atoms. The van der Waals surface area contributed by atoms with Gasteiger partial charge in [0.2, 0.25) is 0 Å². The highest BCUT2D eigenvalue weighted by Crippen LogP contribution is 2.25. The molecule has 1 rings (SSSR count). The van der Waals surface area contributed by atoms with Crippen molar-refractivity contribution in [3.8, 4) is 6.07 Å². The zero-order chi connectivity index (χ0) is 15.3. The van der Waals surface area contributed by atoms with Crippen LogP contribution in [0.5, 0.6) is 0 Å². The Hall–Kier alpha value is -2.02. The zero-order valence-electron chi connectivity index (χ0n) is 12.6. The average Bonchev–Trinajstić information content (AvgIpc) is 2.37. The number of nitriles is 1. The van der Waals surface area contributed by atoms with Crippen LogP contribution in [0, 0.1) is 17.2 Å². The number of aliphatic carboxylic acids is 1. The van der Waals surface area contributed by atoms with E-state index in [9.17, 15) is 4.79 Å². The maximum absolute atomic E-state index is 10.9. The maximum atomic E-state index is 10.9. The van der Waals surface area contributed by atoms with Crippen molar-refractivity contribution in [2.75, 3.05) is 18.0 Å². The highest BCUT2D eigenvalue weighted by atomic mass is 16.4. The van der Waals surface area contributed by atoms with Crippen LogP contribution >= 0.6 is 0 Å². The molecular formula is C16H22N2O2. The standard InChI is InChI=1S/C16H22N2O2/c1-12(15(19)20)11-18(10-9-17)14-7-5-13(6-8-14)16(2,3)4/h5-8,12H,10-11H2,1-4H3,(H,19,20). The summed E-state index contributed by atoms with van der Waals surface area (Å²) in [5, 5.41) is 17.9. The molecule has 1 aromatic carbocycles. The number of hydrogen-bond acceptors (Lipinski definition) is 3. The smallest absolute Gasteiger partial charge is 0.308 e. The van der Waals surface area contributed by atoms with Gasteiger partial charge in [-0.15, -0.1) is 0 Å². The second-order valence-electron chi connectivity index (χ2n) is 6.07. The highest BCUT2D eigenvalue weighted by Gasteiger charge is 2.18. The molecule has 0 aliphatic carbocycles. The fourth-order valence-corrected chi connectivity index (χ4v) is 1.93. The summed E-state index contributed by atoms with van der Waals surface area (Å²) in [6, 6.07) is 10.1. The van der Waals surface area contributed by atoms with Gasteiger partial charge in [0.05, 0.1) is 12.0 Å². The van der Waals surface area contributed by atoms with Crippen molar-refractivity contribution in [1.82, 2.24) is 0 Å². The van der Waals surface area contributed by atoms with Gasteiger partial charge in [-0.25, -0.2) is 0 Å².